The molecule has 0 spiro atoms. The number of piperidine rings is 1. The molecule has 1 aliphatic rings. The van der Waals surface area contributed by atoms with Gasteiger partial charge in [0.2, 0.25) is 0 Å². The smallest absolute Gasteiger partial charge is 0.325 e. The van der Waals surface area contributed by atoms with Crippen LogP contribution in [0.2, 0.25) is 0 Å². The fourth-order valence-electron chi connectivity index (χ4n) is 3.67. The van der Waals surface area contributed by atoms with E-state index in [1.54, 1.807) is 0 Å². The number of para-hydroxylation sites is 1. The van der Waals surface area contributed by atoms with Crippen LogP contribution in [0.15, 0.2) is 29.6 Å². The first-order valence-electron chi connectivity index (χ1n) is 10.6. The number of likely N-dealkylation sites (tertiary alicyclic amines) is 1. The summed E-state index contributed by atoms with van der Waals surface area (Å²) in [5, 5.41) is 9.34. The van der Waals surface area contributed by atoms with E-state index in [1.165, 1.54) is 18.4 Å². The van der Waals surface area contributed by atoms with Crippen LogP contribution in [0, 0.1) is 0 Å². The van der Waals surface area contributed by atoms with Gasteiger partial charge in [-0.1, -0.05) is 39.0 Å². The van der Waals surface area contributed by atoms with Crippen LogP contribution in [0.3, 0.4) is 0 Å². The van der Waals surface area contributed by atoms with Crippen molar-refractivity contribution in [2.75, 3.05) is 32.1 Å². The zero-order chi connectivity index (χ0) is 23.3. The van der Waals surface area contributed by atoms with Gasteiger partial charge in [0.15, 0.2) is 5.11 Å². The second-order valence-electron chi connectivity index (χ2n) is 8.82. The van der Waals surface area contributed by atoms with Gasteiger partial charge in [0.1, 0.15) is 12.2 Å². The monoisotopic (exact) mass is 474 g/mol. The molecule has 9 heteroatoms. The van der Waals surface area contributed by atoms with E-state index in [0.717, 1.165) is 42.2 Å². The number of ether oxygens (including phenoxy) is 1. The Balaban J connectivity index is 1.57. The maximum Gasteiger partial charge on any atom is 0.325 e. The number of hydrogen-bond donors (Lipinski definition) is 2. The molecular weight excluding hydrogens is 444 g/mol. The first-order chi connectivity index (χ1) is 15.2. The minimum atomic E-state index is -0.346. The van der Waals surface area contributed by atoms with Crippen LogP contribution in [0.25, 0.3) is 0 Å². The number of thiocarbonyl (C=S) groups is 1. The quantitative estimate of drug-likeness (QED) is 0.502. The number of carbonyl (C=O) groups excluding carboxylic acids is 2. The van der Waals surface area contributed by atoms with Crippen LogP contribution in [0.4, 0.5) is 5.69 Å². The summed E-state index contributed by atoms with van der Waals surface area (Å²) < 4.78 is 4.63. The van der Waals surface area contributed by atoms with Crippen molar-refractivity contribution in [3.05, 3.63) is 45.9 Å². The Labute approximate surface area is 198 Å². The number of rotatable bonds is 5. The number of amides is 1. The van der Waals surface area contributed by atoms with Crippen molar-refractivity contribution in [1.29, 1.82) is 0 Å². The lowest BCUT2D eigenvalue weighted by Crippen LogP contribution is -2.45. The molecule has 2 heterocycles. The summed E-state index contributed by atoms with van der Waals surface area (Å²) in [6, 6.07) is 7.88. The molecule has 1 fully saturated rings. The van der Waals surface area contributed by atoms with Gasteiger partial charge in [-0.25, -0.2) is 4.98 Å². The van der Waals surface area contributed by atoms with Crippen LogP contribution in [0.1, 0.15) is 60.6 Å². The molecule has 1 saturated heterocycles. The van der Waals surface area contributed by atoms with Crippen molar-refractivity contribution in [1.82, 2.24) is 15.2 Å². The highest BCUT2D eigenvalue weighted by Gasteiger charge is 2.26. The Kier molecular flexibility index (Phi) is 7.84. The van der Waals surface area contributed by atoms with Crippen molar-refractivity contribution in [2.24, 2.45) is 0 Å². The number of benzene rings is 1. The fraction of sp³-hybridized carbons (Fsp3) is 0.478. The first kappa shape index (κ1) is 24.1. The minimum absolute atomic E-state index is 0.0680. The van der Waals surface area contributed by atoms with Gasteiger partial charge in [-0.15, -0.1) is 11.3 Å². The topological polar surface area (TPSA) is 83.6 Å². The standard InChI is InChI=1S/C23H30N4O3S2/c1-23(2,3)16-7-5-6-8-17(16)25-20(29)18-14-32-21(26-18)15-9-11-27(12-10-15)22(31)24-13-19(28)30-4/h5-8,14-15H,9-13H2,1-4H3,(H,24,31)(H,25,29). The van der Waals surface area contributed by atoms with Gasteiger partial charge >= 0.3 is 5.97 Å². The molecule has 1 aromatic heterocycles. The molecular formula is C23H30N4O3S2. The number of thiazole rings is 1. The molecule has 1 aromatic carbocycles. The average molecular weight is 475 g/mol. The summed E-state index contributed by atoms with van der Waals surface area (Å²) in [6.07, 6.45) is 1.78. The number of nitrogens with one attached hydrogen (secondary N) is 2. The van der Waals surface area contributed by atoms with Gasteiger partial charge < -0.3 is 20.3 Å². The SMILES string of the molecule is COC(=O)CNC(=S)N1CCC(c2nc(C(=O)Nc3ccccc3C(C)(C)C)cs2)CC1. The summed E-state index contributed by atoms with van der Waals surface area (Å²) in [5.74, 6) is -0.237. The highest BCUT2D eigenvalue weighted by atomic mass is 32.1. The number of esters is 1. The minimum Gasteiger partial charge on any atom is -0.468 e. The normalized spacial score (nSPS) is 14.7. The molecule has 0 atom stereocenters. The van der Waals surface area contributed by atoms with Crippen molar-refractivity contribution in [3.63, 3.8) is 0 Å². The van der Waals surface area contributed by atoms with Gasteiger partial charge in [0.25, 0.3) is 5.91 Å². The maximum atomic E-state index is 12.8. The van der Waals surface area contributed by atoms with E-state index in [2.05, 4.69) is 46.0 Å². The third-order valence-electron chi connectivity index (χ3n) is 5.48. The second-order valence-corrected chi connectivity index (χ2v) is 10.1. The van der Waals surface area contributed by atoms with Crippen LogP contribution in [0.5, 0.6) is 0 Å². The molecule has 0 aliphatic carbocycles. The Morgan fingerprint density at radius 2 is 1.94 bits per heavy atom. The predicted octanol–water partition coefficient (Wildman–Crippen LogP) is 3.92. The van der Waals surface area contributed by atoms with E-state index < -0.39 is 0 Å². The van der Waals surface area contributed by atoms with Gasteiger partial charge in [0, 0.05) is 30.1 Å². The first-order valence-corrected chi connectivity index (χ1v) is 11.9. The number of aromatic nitrogens is 1. The van der Waals surface area contributed by atoms with E-state index >= 15 is 0 Å². The predicted molar refractivity (Wildman–Crippen MR) is 131 cm³/mol. The average Bonchev–Trinajstić information content (AvgIpc) is 3.27. The third-order valence-corrected chi connectivity index (χ3v) is 6.89. The van der Waals surface area contributed by atoms with Crippen LogP contribution in [-0.2, 0) is 14.9 Å². The number of carbonyl (C=O) groups is 2. The summed E-state index contributed by atoms with van der Waals surface area (Å²) in [6.45, 7) is 8.00. The zero-order valence-electron chi connectivity index (χ0n) is 18.9. The van der Waals surface area contributed by atoms with Crippen LogP contribution >= 0.6 is 23.6 Å². The summed E-state index contributed by atoms with van der Waals surface area (Å²) in [7, 11) is 1.35. The van der Waals surface area contributed by atoms with Gasteiger partial charge in [-0.2, -0.15) is 0 Å². The van der Waals surface area contributed by atoms with Crippen LogP contribution < -0.4 is 10.6 Å². The van der Waals surface area contributed by atoms with E-state index in [4.69, 9.17) is 12.2 Å². The number of methoxy groups -OCH3 is 1. The third kappa shape index (κ3) is 6.04. The van der Waals surface area contributed by atoms with Crippen molar-refractivity contribution in [3.8, 4) is 0 Å². The maximum absolute atomic E-state index is 12.8. The fourth-order valence-corrected chi connectivity index (χ4v) is 4.90. The molecule has 172 valence electrons. The molecule has 0 bridgehead atoms. The Hall–Kier alpha value is -2.52. The largest absolute Gasteiger partial charge is 0.468 e. The molecule has 32 heavy (non-hydrogen) atoms. The summed E-state index contributed by atoms with van der Waals surface area (Å²) in [5.41, 5.74) is 2.29. The van der Waals surface area contributed by atoms with Crippen molar-refractivity contribution < 1.29 is 14.3 Å². The molecule has 1 aliphatic heterocycles. The number of anilines is 1. The van der Waals surface area contributed by atoms with Gasteiger partial charge in [-0.05, 0) is 42.1 Å². The summed E-state index contributed by atoms with van der Waals surface area (Å²) in [4.78, 5) is 30.8. The molecule has 0 unspecified atom stereocenters. The molecule has 0 saturated carbocycles. The van der Waals surface area contributed by atoms with Gasteiger partial charge in [-0.3, -0.25) is 9.59 Å². The van der Waals surface area contributed by atoms with Crippen LogP contribution in [-0.4, -0.2) is 53.6 Å². The van der Waals surface area contributed by atoms with Gasteiger partial charge in [0.05, 0.1) is 12.1 Å². The van der Waals surface area contributed by atoms with E-state index in [0.29, 0.717) is 16.7 Å². The lowest BCUT2D eigenvalue weighted by molar-refractivity contribution is -0.139. The Bertz CT molecular complexity index is 976. The second kappa shape index (κ2) is 10.4. The highest BCUT2D eigenvalue weighted by Crippen LogP contribution is 2.32. The van der Waals surface area contributed by atoms with E-state index in [-0.39, 0.29) is 23.8 Å². The molecule has 2 N–H and O–H groups in total. The molecule has 2 aromatic rings. The highest BCUT2D eigenvalue weighted by molar-refractivity contribution is 7.80. The van der Waals surface area contributed by atoms with E-state index in [1.807, 2.05) is 29.6 Å². The number of nitrogens with zero attached hydrogens (tertiary/aromatic N) is 2. The molecule has 1 amide bonds. The Morgan fingerprint density at radius 3 is 2.59 bits per heavy atom. The zero-order valence-corrected chi connectivity index (χ0v) is 20.6. The van der Waals surface area contributed by atoms with Crippen molar-refractivity contribution >= 4 is 46.2 Å². The molecule has 0 radical (unpaired) electrons. The summed E-state index contributed by atoms with van der Waals surface area (Å²) >= 11 is 6.91. The Morgan fingerprint density at radius 1 is 1.25 bits per heavy atom. The number of hydrogen-bond acceptors (Lipinski definition) is 6. The lowest BCUT2D eigenvalue weighted by Gasteiger charge is -2.33. The molecule has 7 nitrogen and oxygen atoms in total. The molecule has 3 rings (SSSR count). The van der Waals surface area contributed by atoms with Crippen molar-refractivity contribution in [2.45, 2.75) is 44.9 Å². The van der Waals surface area contributed by atoms with E-state index in [9.17, 15) is 9.59 Å². The lowest BCUT2D eigenvalue weighted by atomic mass is 9.86.